The standard InChI is InChI=1S/C20H17ClN2O5/c1-20(2)27-18(25)16(19(26)28-20)11-22-14-7-3-12(4-8-14)17(24)23-15-9-5-13(21)6-10-15/h3-11,22H,1-2H3,(H,23,24). The van der Waals surface area contributed by atoms with Crippen molar-refractivity contribution in [2.75, 3.05) is 10.6 Å². The largest absolute Gasteiger partial charge is 0.419 e. The summed E-state index contributed by atoms with van der Waals surface area (Å²) >= 11 is 5.82. The summed E-state index contributed by atoms with van der Waals surface area (Å²) in [4.78, 5) is 36.0. The zero-order valence-corrected chi connectivity index (χ0v) is 15.9. The van der Waals surface area contributed by atoms with Crippen LogP contribution in [0.5, 0.6) is 0 Å². The number of anilines is 2. The number of halogens is 1. The summed E-state index contributed by atoms with van der Waals surface area (Å²) in [6.45, 7) is 2.95. The predicted octanol–water partition coefficient (Wildman–Crippen LogP) is 3.72. The number of rotatable bonds is 4. The number of hydrogen-bond donors (Lipinski definition) is 2. The highest BCUT2D eigenvalue weighted by atomic mass is 35.5. The molecule has 0 saturated carbocycles. The second-order valence-corrected chi connectivity index (χ2v) is 6.86. The van der Waals surface area contributed by atoms with Gasteiger partial charge in [-0.15, -0.1) is 0 Å². The molecule has 0 aliphatic carbocycles. The van der Waals surface area contributed by atoms with Gasteiger partial charge in [0.05, 0.1) is 0 Å². The van der Waals surface area contributed by atoms with Crippen LogP contribution in [-0.2, 0) is 19.1 Å². The Morgan fingerprint density at radius 3 is 2.04 bits per heavy atom. The molecule has 1 saturated heterocycles. The van der Waals surface area contributed by atoms with Gasteiger partial charge in [-0.25, -0.2) is 9.59 Å². The maximum absolute atomic E-state index is 12.3. The van der Waals surface area contributed by atoms with Crippen molar-refractivity contribution in [1.29, 1.82) is 0 Å². The van der Waals surface area contributed by atoms with Gasteiger partial charge in [0.1, 0.15) is 0 Å². The van der Waals surface area contributed by atoms with Crippen LogP contribution in [0.25, 0.3) is 0 Å². The lowest BCUT2D eigenvalue weighted by molar-refractivity contribution is -0.222. The minimum Gasteiger partial charge on any atom is -0.419 e. The van der Waals surface area contributed by atoms with Gasteiger partial charge < -0.3 is 20.1 Å². The van der Waals surface area contributed by atoms with Crippen LogP contribution in [0.2, 0.25) is 5.02 Å². The summed E-state index contributed by atoms with van der Waals surface area (Å²) in [7, 11) is 0. The zero-order chi connectivity index (χ0) is 20.3. The lowest BCUT2D eigenvalue weighted by atomic mass is 10.2. The van der Waals surface area contributed by atoms with E-state index in [4.69, 9.17) is 21.1 Å². The molecule has 1 aliphatic rings. The van der Waals surface area contributed by atoms with Gasteiger partial charge in [0.2, 0.25) is 0 Å². The Morgan fingerprint density at radius 1 is 0.929 bits per heavy atom. The number of amides is 1. The van der Waals surface area contributed by atoms with Crippen LogP contribution in [0.1, 0.15) is 24.2 Å². The Hall–Kier alpha value is -3.32. The Bertz CT molecular complexity index is 928. The Morgan fingerprint density at radius 2 is 1.46 bits per heavy atom. The lowest BCUT2D eigenvalue weighted by Crippen LogP contribution is -2.42. The third kappa shape index (κ3) is 4.69. The molecule has 1 fully saturated rings. The molecule has 7 nitrogen and oxygen atoms in total. The van der Waals surface area contributed by atoms with E-state index in [-0.39, 0.29) is 11.5 Å². The molecule has 144 valence electrons. The van der Waals surface area contributed by atoms with Crippen molar-refractivity contribution in [3.63, 3.8) is 0 Å². The topological polar surface area (TPSA) is 93.7 Å². The summed E-state index contributed by atoms with van der Waals surface area (Å²) in [5.41, 5.74) is 1.38. The van der Waals surface area contributed by atoms with Crippen molar-refractivity contribution in [1.82, 2.24) is 0 Å². The molecule has 0 spiro atoms. The molecule has 1 aliphatic heterocycles. The Kier molecular flexibility index (Phi) is 5.37. The van der Waals surface area contributed by atoms with Crippen molar-refractivity contribution >= 4 is 40.8 Å². The number of carbonyl (C=O) groups excluding carboxylic acids is 3. The van der Waals surface area contributed by atoms with Crippen molar-refractivity contribution in [2.24, 2.45) is 0 Å². The molecule has 2 aromatic carbocycles. The molecule has 0 bridgehead atoms. The minimum atomic E-state index is -1.29. The van der Waals surface area contributed by atoms with E-state index in [9.17, 15) is 14.4 Å². The van der Waals surface area contributed by atoms with Crippen LogP contribution in [0.15, 0.2) is 60.3 Å². The summed E-state index contributed by atoms with van der Waals surface area (Å²) in [6.07, 6.45) is 1.21. The van der Waals surface area contributed by atoms with Crippen LogP contribution in [-0.4, -0.2) is 23.6 Å². The Balaban J connectivity index is 1.64. The maximum atomic E-state index is 12.3. The molecule has 28 heavy (non-hydrogen) atoms. The second-order valence-electron chi connectivity index (χ2n) is 6.42. The quantitative estimate of drug-likeness (QED) is 0.461. The minimum absolute atomic E-state index is 0.246. The van der Waals surface area contributed by atoms with Crippen LogP contribution < -0.4 is 10.6 Å². The van der Waals surface area contributed by atoms with Gasteiger partial charge in [0.15, 0.2) is 5.57 Å². The van der Waals surface area contributed by atoms with Crippen molar-refractivity contribution in [2.45, 2.75) is 19.6 Å². The van der Waals surface area contributed by atoms with Crippen LogP contribution >= 0.6 is 11.6 Å². The van der Waals surface area contributed by atoms with E-state index in [1.165, 1.54) is 20.0 Å². The molecule has 8 heteroatoms. The van der Waals surface area contributed by atoms with Crippen LogP contribution in [0.4, 0.5) is 11.4 Å². The SMILES string of the molecule is CC1(C)OC(=O)C(=CNc2ccc(C(=O)Nc3ccc(Cl)cc3)cc2)C(=O)O1. The average molecular weight is 401 g/mol. The first-order chi connectivity index (χ1) is 13.2. The van der Waals surface area contributed by atoms with E-state index >= 15 is 0 Å². The highest BCUT2D eigenvalue weighted by Gasteiger charge is 2.38. The van der Waals surface area contributed by atoms with E-state index in [0.717, 1.165) is 0 Å². The van der Waals surface area contributed by atoms with E-state index in [1.807, 2.05) is 0 Å². The number of esters is 2. The smallest absolute Gasteiger partial charge is 0.350 e. The summed E-state index contributed by atoms with van der Waals surface area (Å²) < 4.78 is 10.0. The maximum Gasteiger partial charge on any atom is 0.350 e. The van der Waals surface area contributed by atoms with E-state index in [0.29, 0.717) is 22.0 Å². The van der Waals surface area contributed by atoms with Gasteiger partial charge in [-0.05, 0) is 48.5 Å². The third-order valence-electron chi connectivity index (χ3n) is 3.75. The molecule has 2 aromatic rings. The first-order valence-corrected chi connectivity index (χ1v) is 8.72. The van der Waals surface area contributed by atoms with Gasteiger partial charge in [-0.3, -0.25) is 4.79 Å². The second kappa shape index (κ2) is 7.74. The van der Waals surface area contributed by atoms with E-state index in [2.05, 4.69) is 10.6 Å². The monoisotopic (exact) mass is 400 g/mol. The Labute approximate surface area is 166 Å². The first kappa shape index (κ1) is 19.4. The van der Waals surface area contributed by atoms with Crippen LogP contribution in [0, 0.1) is 0 Å². The van der Waals surface area contributed by atoms with E-state index < -0.39 is 17.7 Å². The van der Waals surface area contributed by atoms with Gasteiger partial charge >= 0.3 is 11.9 Å². The van der Waals surface area contributed by atoms with Gasteiger partial charge in [0, 0.05) is 42.0 Å². The molecular formula is C20H17ClN2O5. The fraction of sp³-hybridized carbons (Fsp3) is 0.150. The first-order valence-electron chi connectivity index (χ1n) is 8.34. The molecule has 0 radical (unpaired) electrons. The fourth-order valence-electron chi connectivity index (χ4n) is 2.39. The normalized spacial score (nSPS) is 15.3. The summed E-state index contributed by atoms with van der Waals surface area (Å²) in [6, 6.07) is 13.2. The van der Waals surface area contributed by atoms with Crippen molar-refractivity contribution < 1.29 is 23.9 Å². The molecule has 1 amide bonds. The molecule has 0 atom stereocenters. The molecule has 2 N–H and O–H groups in total. The zero-order valence-electron chi connectivity index (χ0n) is 15.1. The number of hydrogen-bond acceptors (Lipinski definition) is 6. The average Bonchev–Trinajstić information content (AvgIpc) is 2.62. The number of benzene rings is 2. The van der Waals surface area contributed by atoms with Gasteiger partial charge in [-0.1, -0.05) is 11.6 Å². The fourth-order valence-corrected chi connectivity index (χ4v) is 2.51. The number of carbonyl (C=O) groups is 3. The molecule has 3 rings (SSSR count). The van der Waals surface area contributed by atoms with Crippen LogP contribution in [0.3, 0.4) is 0 Å². The number of cyclic esters (lactones) is 2. The third-order valence-corrected chi connectivity index (χ3v) is 4.00. The molecule has 0 aromatic heterocycles. The van der Waals surface area contributed by atoms with Crippen molar-refractivity contribution in [3.05, 3.63) is 70.9 Å². The van der Waals surface area contributed by atoms with Gasteiger partial charge in [0.25, 0.3) is 11.7 Å². The molecule has 1 heterocycles. The lowest BCUT2D eigenvalue weighted by Gasteiger charge is -2.29. The molecule has 0 unspecified atom stereocenters. The highest BCUT2D eigenvalue weighted by molar-refractivity contribution is 6.30. The molecular weight excluding hydrogens is 384 g/mol. The highest BCUT2D eigenvalue weighted by Crippen LogP contribution is 2.23. The van der Waals surface area contributed by atoms with Crippen molar-refractivity contribution in [3.8, 4) is 0 Å². The number of nitrogens with one attached hydrogen (secondary N) is 2. The van der Waals surface area contributed by atoms with Gasteiger partial charge in [-0.2, -0.15) is 0 Å². The number of ether oxygens (including phenoxy) is 2. The predicted molar refractivity (Wildman–Crippen MR) is 104 cm³/mol. The summed E-state index contributed by atoms with van der Waals surface area (Å²) in [5.74, 6) is -3.11. The van der Waals surface area contributed by atoms with E-state index in [1.54, 1.807) is 48.5 Å². The summed E-state index contributed by atoms with van der Waals surface area (Å²) in [5, 5.41) is 6.15.